The summed E-state index contributed by atoms with van der Waals surface area (Å²) in [5, 5.41) is 8.74. The Morgan fingerprint density at radius 1 is 1.07 bits per heavy atom. The summed E-state index contributed by atoms with van der Waals surface area (Å²) in [4.78, 5) is 16.4. The Hall–Kier alpha value is -3.32. The van der Waals surface area contributed by atoms with Gasteiger partial charge < -0.3 is 4.52 Å². The van der Waals surface area contributed by atoms with Crippen LogP contribution in [0.25, 0.3) is 23.0 Å². The largest absolute Gasteiger partial charge is 0.332 e. The second kappa shape index (κ2) is 7.13. The second-order valence-corrected chi connectivity index (χ2v) is 6.21. The standard InChI is InChI=1S/C19H12ClFN4O2/c20-14-5-2-4-13(10-14)18-22-19(27-24-18)16-7-8-17(26)25(23-16)11-12-3-1-6-15(21)9-12/h1-10H,11H2. The molecule has 0 fully saturated rings. The quantitative estimate of drug-likeness (QED) is 0.536. The molecule has 0 bridgehead atoms. The molecule has 4 aromatic rings. The zero-order valence-electron chi connectivity index (χ0n) is 13.8. The first-order valence-corrected chi connectivity index (χ1v) is 8.39. The van der Waals surface area contributed by atoms with Gasteiger partial charge in [0.25, 0.3) is 11.4 Å². The van der Waals surface area contributed by atoms with Gasteiger partial charge in [-0.1, -0.05) is 41.0 Å². The van der Waals surface area contributed by atoms with Crippen LogP contribution in [0.1, 0.15) is 5.56 Å². The van der Waals surface area contributed by atoms with Gasteiger partial charge in [-0.25, -0.2) is 9.07 Å². The predicted octanol–water partition coefficient (Wildman–Crippen LogP) is 3.80. The molecule has 0 saturated carbocycles. The van der Waals surface area contributed by atoms with Gasteiger partial charge in [-0.15, -0.1) is 0 Å². The molecule has 0 aliphatic carbocycles. The van der Waals surface area contributed by atoms with Crippen LogP contribution in [0.4, 0.5) is 4.39 Å². The number of hydrogen-bond acceptors (Lipinski definition) is 5. The summed E-state index contributed by atoms with van der Waals surface area (Å²) in [7, 11) is 0. The van der Waals surface area contributed by atoms with E-state index in [1.54, 1.807) is 36.4 Å². The highest BCUT2D eigenvalue weighted by atomic mass is 35.5. The van der Waals surface area contributed by atoms with Gasteiger partial charge in [0.2, 0.25) is 5.82 Å². The summed E-state index contributed by atoms with van der Waals surface area (Å²) in [6, 6.07) is 15.9. The Morgan fingerprint density at radius 2 is 1.93 bits per heavy atom. The highest BCUT2D eigenvalue weighted by Crippen LogP contribution is 2.22. The summed E-state index contributed by atoms with van der Waals surface area (Å²) >= 11 is 5.98. The van der Waals surface area contributed by atoms with Crippen molar-refractivity contribution in [3.05, 3.63) is 87.4 Å². The van der Waals surface area contributed by atoms with E-state index >= 15 is 0 Å². The normalized spacial score (nSPS) is 10.9. The zero-order valence-corrected chi connectivity index (χ0v) is 14.6. The fourth-order valence-electron chi connectivity index (χ4n) is 2.56. The van der Waals surface area contributed by atoms with Crippen LogP contribution < -0.4 is 5.56 Å². The fraction of sp³-hybridized carbons (Fsp3) is 0.0526. The number of benzene rings is 2. The van der Waals surface area contributed by atoms with Crippen LogP contribution in [-0.4, -0.2) is 19.9 Å². The third-order valence-corrected chi connectivity index (χ3v) is 4.05. The van der Waals surface area contributed by atoms with Crippen LogP contribution >= 0.6 is 11.6 Å². The van der Waals surface area contributed by atoms with Crippen molar-refractivity contribution in [3.8, 4) is 23.0 Å². The van der Waals surface area contributed by atoms with Gasteiger partial charge in [0, 0.05) is 16.7 Å². The zero-order chi connectivity index (χ0) is 18.8. The molecule has 0 amide bonds. The molecular weight excluding hydrogens is 371 g/mol. The number of aromatic nitrogens is 4. The lowest BCUT2D eigenvalue weighted by atomic mass is 10.2. The van der Waals surface area contributed by atoms with E-state index in [4.69, 9.17) is 16.1 Å². The smallest absolute Gasteiger partial charge is 0.278 e. The first-order chi connectivity index (χ1) is 13.1. The molecule has 0 spiro atoms. The third kappa shape index (κ3) is 3.78. The van der Waals surface area contributed by atoms with E-state index < -0.39 is 0 Å². The van der Waals surface area contributed by atoms with E-state index in [1.807, 2.05) is 0 Å². The molecule has 2 aromatic heterocycles. The third-order valence-electron chi connectivity index (χ3n) is 3.82. The summed E-state index contributed by atoms with van der Waals surface area (Å²) in [6.07, 6.45) is 0. The minimum Gasteiger partial charge on any atom is -0.332 e. The minimum atomic E-state index is -0.375. The molecule has 0 aliphatic heterocycles. The topological polar surface area (TPSA) is 73.8 Å². The van der Waals surface area contributed by atoms with Gasteiger partial charge in [-0.3, -0.25) is 4.79 Å². The Labute approximate surface area is 157 Å². The maximum Gasteiger partial charge on any atom is 0.278 e. The van der Waals surface area contributed by atoms with Crippen LogP contribution in [-0.2, 0) is 6.54 Å². The van der Waals surface area contributed by atoms with Crippen molar-refractivity contribution in [1.29, 1.82) is 0 Å². The molecule has 0 atom stereocenters. The average molecular weight is 383 g/mol. The molecule has 0 saturated heterocycles. The monoisotopic (exact) mass is 382 g/mol. The number of rotatable bonds is 4. The van der Waals surface area contributed by atoms with Crippen molar-refractivity contribution in [2.24, 2.45) is 0 Å². The van der Waals surface area contributed by atoms with Gasteiger partial charge in [0.15, 0.2) is 0 Å². The average Bonchev–Trinajstić information content (AvgIpc) is 3.14. The molecule has 134 valence electrons. The van der Waals surface area contributed by atoms with E-state index in [9.17, 15) is 9.18 Å². The second-order valence-electron chi connectivity index (χ2n) is 5.78. The molecule has 0 aliphatic rings. The molecule has 8 heteroatoms. The minimum absolute atomic E-state index is 0.125. The first-order valence-electron chi connectivity index (χ1n) is 8.01. The van der Waals surface area contributed by atoms with Crippen LogP contribution in [0.5, 0.6) is 0 Å². The fourth-order valence-corrected chi connectivity index (χ4v) is 2.75. The van der Waals surface area contributed by atoms with Crippen LogP contribution in [0, 0.1) is 5.82 Å². The van der Waals surface area contributed by atoms with Crippen molar-refractivity contribution in [2.75, 3.05) is 0 Å². The number of halogens is 2. The van der Waals surface area contributed by atoms with Crippen LogP contribution in [0.3, 0.4) is 0 Å². The Balaban J connectivity index is 1.66. The molecule has 6 nitrogen and oxygen atoms in total. The molecule has 27 heavy (non-hydrogen) atoms. The van der Waals surface area contributed by atoms with Crippen molar-refractivity contribution in [2.45, 2.75) is 6.54 Å². The molecule has 2 aromatic carbocycles. The van der Waals surface area contributed by atoms with E-state index in [0.717, 1.165) is 0 Å². The molecule has 0 radical (unpaired) electrons. The van der Waals surface area contributed by atoms with E-state index in [2.05, 4.69) is 15.2 Å². The van der Waals surface area contributed by atoms with Gasteiger partial charge in [-0.2, -0.15) is 10.1 Å². The Kier molecular flexibility index (Phi) is 4.52. The molecule has 4 rings (SSSR count). The van der Waals surface area contributed by atoms with Gasteiger partial charge in [0.1, 0.15) is 11.5 Å². The van der Waals surface area contributed by atoms with Crippen molar-refractivity contribution in [1.82, 2.24) is 19.9 Å². The predicted molar refractivity (Wildman–Crippen MR) is 97.7 cm³/mol. The summed E-state index contributed by atoms with van der Waals surface area (Å²) in [5.41, 5.74) is 1.34. The van der Waals surface area contributed by atoms with Crippen molar-refractivity contribution >= 4 is 11.6 Å². The Bertz CT molecular complexity index is 1170. The van der Waals surface area contributed by atoms with Crippen LogP contribution in [0.15, 0.2) is 70.0 Å². The number of nitrogens with zero attached hydrogens (tertiary/aromatic N) is 4. The highest BCUT2D eigenvalue weighted by Gasteiger charge is 2.13. The van der Waals surface area contributed by atoms with Gasteiger partial charge in [-0.05, 0) is 35.9 Å². The molecule has 2 heterocycles. The lowest BCUT2D eigenvalue weighted by Gasteiger charge is -2.05. The Morgan fingerprint density at radius 3 is 2.74 bits per heavy atom. The van der Waals surface area contributed by atoms with E-state index in [0.29, 0.717) is 27.7 Å². The van der Waals surface area contributed by atoms with E-state index in [1.165, 1.54) is 28.9 Å². The van der Waals surface area contributed by atoms with Crippen molar-refractivity contribution < 1.29 is 8.91 Å². The summed E-state index contributed by atoms with van der Waals surface area (Å²) in [5.74, 6) is 0.148. The molecular formula is C19H12ClFN4O2. The maximum absolute atomic E-state index is 13.4. The lowest BCUT2D eigenvalue weighted by molar-refractivity contribution is 0.429. The summed E-state index contributed by atoms with van der Waals surface area (Å²) < 4.78 is 19.8. The lowest BCUT2D eigenvalue weighted by Crippen LogP contribution is -2.22. The highest BCUT2D eigenvalue weighted by molar-refractivity contribution is 6.30. The van der Waals surface area contributed by atoms with E-state index in [-0.39, 0.29) is 23.8 Å². The number of hydrogen-bond donors (Lipinski definition) is 0. The summed E-state index contributed by atoms with van der Waals surface area (Å²) in [6.45, 7) is 0.125. The first kappa shape index (κ1) is 17.1. The SMILES string of the molecule is O=c1ccc(-c2nc(-c3cccc(Cl)c3)no2)nn1Cc1cccc(F)c1. The van der Waals surface area contributed by atoms with Crippen LogP contribution in [0.2, 0.25) is 5.02 Å². The molecule has 0 N–H and O–H groups in total. The van der Waals surface area contributed by atoms with Gasteiger partial charge in [0.05, 0.1) is 6.54 Å². The van der Waals surface area contributed by atoms with Gasteiger partial charge >= 0.3 is 0 Å². The van der Waals surface area contributed by atoms with Crippen molar-refractivity contribution in [3.63, 3.8) is 0 Å². The maximum atomic E-state index is 13.4. The molecule has 0 unspecified atom stereocenters.